The van der Waals surface area contributed by atoms with E-state index in [1.807, 2.05) is 19.0 Å². The Morgan fingerprint density at radius 2 is 1.84 bits per heavy atom. The minimum atomic E-state index is -3.74. The van der Waals surface area contributed by atoms with Gasteiger partial charge in [0.05, 0.1) is 30.3 Å². The number of ether oxygens (including phenoxy) is 1. The van der Waals surface area contributed by atoms with E-state index in [1.54, 1.807) is 40.2 Å². The van der Waals surface area contributed by atoms with Crippen LogP contribution in [0.25, 0.3) is 5.69 Å². The lowest BCUT2D eigenvalue weighted by Crippen LogP contribution is -2.38. The summed E-state index contributed by atoms with van der Waals surface area (Å²) >= 11 is 0. The molecule has 3 aromatic rings. The molecule has 4 rings (SSSR count). The van der Waals surface area contributed by atoms with Crippen LogP contribution in [0.15, 0.2) is 47.6 Å². The van der Waals surface area contributed by atoms with Crippen molar-refractivity contribution < 1.29 is 13.2 Å². The van der Waals surface area contributed by atoms with Crippen LogP contribution in [-0.2, 0) is 21.3 Å². The summed E-state index contributed by atoms with van der Waals surface area (Å²) in [5.74, 6) is 1.32. The molecule has 11 nitrogen and oxygen atoms in total. The Balaban J connectivity index is 1.51. The SMILES string of the molecule is CN(C)c1nc(CNS(=O)(=O)c2ccc(-n3cccn3)cc2)nc(N2CCOCC2)n1. The maximum atomic E-state index is 12.8. The molecule has 1 saturated heterocycles. The number of anilines is 2. The zero-order valence-electron chi connectivity index (χ0n) is 17.3. The Hall–Kier alpha value is -3.09. The second-order valence-electron chi connectivity index (χ2n) is 7.11. The normalized spacial score (nSPS) is 14.6. The van der Waals surface area contributed by atoms with Gasteiger partial charge >= 0.3 is 0 Å². The van der Waals surface area contributed by atoms with Crippen LogP contribution in [0.2, 0.25) is 0 Å². The van der Waals surface area contributed by atoms with Gasteiger partial charge in [0, 0.05) is 39.6 Å². The Kier molecular flexibility index (Phi) is 6.11. The lowest BCUT2D eigenvalue weighted by atomic mass is 10.3. The highest BCUT2D eigenvalue weighted by atomic mass is 32.2. The molecule has 12 heteroatoms. The summed E-state index contributed by atoms with van der Waals surface area (Å²) in [7, 11) is -0.0883. The molecule has 0 unspecified atom stereocenters. The van der Waals surface area contributed by atoms with Crippen LogP contribution in [0.1, 0.15) is 5.82 Å². The molecule has 0 amide bonds. The molecular formula is C19H24N8O3S. The molecule has 0 atom stereocenters. The zero-order valence-corrected chi connectivity index (χ0v) is 18.2. The van der Waals surface area contributed by atoms with Gasteiger partial charge in [-0.1, -0.05) is 0 Å². The van der Waals surface area contributed by atoms with Crippen LogP contribution in [0, 0.1) is 0 Å². The number of morpholine rings is 1. The molecule has 0 bridgehead atoms. The fraction of sp³-hybridized carbons (Fsp3) is 0.368. The highest BCUT2D eigenvalue weighted by molar-refractivity contribution is 7.89. The van der Waals surface area contributed by atoms with Crippen molar-refractivity contribution in [2.45, 2.75) is 11.4 Å². The summed E-state index contributed by atoms with van der Waals surface area (Å²) in [5, 5.41) is 4.14. The van der Waals surface area contributed by atoms with Crippen molar-refractivity contribution in [3.8, 4) is 5.69 Å². The predicted molar refractivity (Wildman–Crippen MR) is 115 cm³/mol. The molecule has 1 fully saturated rings. The van der Waals surface area contributed by atoms with Gasteiger partial charge in [-0.15, -0.1) is 0 Å². The number of sulfonamides is 1. The highest BCUT2D eigenvalue weighted by Crippen LogP contribution is 2.16. The van der Waals surface area contributed by atoms with Gasteiger partial charge in [-0.2, -0.15) is 20.1 Å². The molecule has 164 valence electrons. The molecule has 2 aromatic heterocycles. The number of aromatic nitrogens is 5. The third kappa shape index (κ3) is 4.98. The van der Waals surface area contributed by atoms with E-state index in [4.69, 9.17) is 4.74 Å². The van der Waals surface area contributed by atoms with Crippen LogP contribution in [0.4, 0.5) is 11.9 Å². The van der Waals surface area contributed by atoms with Crippen molar-refractivity contribution in [2.75, 3.05) is 50.2 Å². The Labute approximate surface area is 180 Å². The summed E-state index contributed by atoms with van der Waals surface area (Å²) in [6.07, 6.45) is 3.45. The lowest BCUT2D eigenvalue weighted by molar-refractivity contribution is 0.122. The molecule has 1 aromatic carbocycles. The van der Waals surface area contributed by atoms with E-state index in [0.29, 0.717) is 44.0 Å². The number of hydrogen-bond acceptors (Lipinski definition) is 9. The second kappa shape index (κ2) is 8.96. The topological polar surface area (TPSA) is 118 Å². The van der Waals surface area contributed by atoms with Crippen molar-refractivity contribution in [1.29, 1.82) is 0 Å². The Bertz CT molecular complexity index is 1110. The predicted octanol–water partition coefficient (Wildman–Crippen LogP) is 0.438. The third-order valence-electron chi connectivity index (χ3n) is 4.69. The fourth-order valence-electron chi connectivity index (χ4n) is 3.02. The van der Waals surface area contributed by atoms with E-state index in [0.717, 1.165) is 5.69 Å². The number of nitrogens with zero attached hydrogens (tertiary/aromatic N) is 7. The quantitative estimate of drug-likeness (QED) is 0.554. The molecular weight excluding hydrogens is 420 g/mol. The van der Waals surface area contributed by atoms with Crippen molar-refractivity contribution in [2.24, 2.45) is 0 Å². The minimum absolute atomic E-state index is 0.0516. The van der Waals surface area contributed by atoms with Gasteiger partial charge in [0.25, 0.3) is 0 Å². The van der Waals surface area contributed by atoms with E-state index in [9.17, 15) is 8.42 Å². The lowest BCUT2D eigenvalue weighted by Gasteiger charge is -2.27. The van der Waals surface area contributed by atoms with Crippen molar-refractivity contribution in [1.82, 2.24) is 29.5 Å². The highest BCUT2D eigenvalue weighted by Gasteiger charge is 2.19. The number of nitrogens with one attached hydrogen (secondary N) is 1. The Morgan fingerprint density at radius 1 is 1.10 bits per heavy atom. The minimum Gasteiger partial charge on any atom is -0.378 e. The van der Waals surface area contributed by atoms with Crippen LogP contribution in [0.3, 0.4) is 0 Å². The molecule has 1 aliphatic rings. The molecule has 0 spiro atoms. The van der Waals surface area contributed by atoms with Gasteiger partial charge in [-0.3, -0.25) is 0 Å². The summed E-state index contributed by atoms with van der Waals surface area (Å²) in [6, 6.07) is 8.28. The van der Waals surface area contributed by atoms with E-state index < -0.39 is 10.0 Å². The van der Waals surface area contributed by atoms with Gasteiger partial charge in [0.15, 0.2) is 5.82 Å². The van der Waals surface area contributed by atoms with Crippen LogP contribution >= 0.6 is 0 Å². The first kappa shape index (κ1) is 21.2. The van der Waals surface area contributed by atoms with Gasteiger partial charge < -0.3 is 14.5 Å². The number of benzene rings is 1. The van der Waals surface area contributed by atoms with E-state index in [-0.39, 0.29) is 11.4 Å². The van der Waals surface area contributed by atoms with Gasteiger partial charge in [-0.05, 0) is 30.3 Å². The van der Waals surface area contributed by atoms with Crippen LogP contribution < -0.4 is 14.5 Å². The standard InChI is InChI=1S/C19H24N8O3S/c1-25(2)18-22-17(23-19(24-18)26-10-12-30-13-11-26)14-21-31(28,29)16-6-4-15(5-7-16)27-9-3-8-20-27/h3-9,21H,10-14H2,1-2H3. The first-order valence-corrected chi connectivity index (χ1v) is 11.3. The van der Waals surface area contributed by atoms with E-state index in [2.05, 4.69) is 24.8 Å². The molecule has 0 aliphatic carbocycles. The van der Waals surface area contributed by atoms with Crippen molar-refractivity contribution >= 4 is 21.9 Å². The summed E-state index contributed by atoms with van der Waals surface area (Å²) in [4.78, 5) is 17.2. The largest absolute Gasteiger partial charge is 0.378 e. The van der Waals surface area contributed by atoms with Crippen LogP contribution in [-0.4, -0.2) is 73.5 Å². The monoisotopic (exact) mass is 444 g/mol. The van der Waals surface area contributed by atoms with Crippen molar-refractivity contribution in [3.63, 3.8) is 0 Å². The summed E-state index contributed by atoms with van der Waals surface area (Å²) in [6.45, 7) is 2.48. The van der Waals surface area contributed by atoms with Gasteiger partial charge in [0.2, 0.25) is 21.9 Å². The second-order valence-corrected chi connectivity index (χ2v) is 8.88. The van der Waals surface area contributed by atoms with Gasteiger partial charge in [-0.25, -0.2) is 17.8 Å². The summed E-state index contributed by atoms with van der Waals surface area (Å²) in [5.41, 5.74) is 0.771. The average molecular weight is 445 g/mol. The van der Waals surface area contributed by atoms with E-state index in [1.165, 1.54) is 12.1 Å². The Morgan fingerprint density at radius 3 is 2.48 bits per heavy atom. The number of rotatable bonds is 7. The van der Waals surface area contributed by atoms with Gasteiger partial charge in [0.1, 0.15) is 0 Å². The number of hydrogen-bond donors (Lipinski definition) is 1. The average Bonchev–Trinajstić information content (AvgIpc) is 3.33. The smallest absolute Gasteiger partial charge is 0.240 e. The molecule has 3 heterocycles. The first-order valence-electron chi connectivity index (χ1n) is 9.77. The summed E-state index contributed by atoms with van der Waals surface area (Å²) < 4.78 is 35.1. The zero-order chi connectivity index (χ0) is 21.8. The van der Waals surface area contributed by atoms with E-state index >= 15 is 0 Å². The van der Waals surface area contributed by atoms with Crippen LogP contribution in [0.5, 0.6) is 0 Å². The first-order chi connectivity index (χ1) is 14.9. The molecule has 1 aliphatic heterocycles. The molecule has 1 N–H and O–H groups in total. The maximum Gasteiger partial charge on any atom is 0.240 e. The van der Waals surface area contributed by atoms with Crippen molar-refractivity contribution in [3.05, 3.63) is 48.5 Å². The maximum absolute atomic E-state index is 12.8. The molecule has 0 saturated carbocycles. The molecule has 0 radical (unpaired) electrons. The fourth-order valence-corrected chi connectivity index (χ4v) is 4.00. The third-order valence-corrected chi connectivity index (χ3v) is 6.11. The molecule has 31 heavy (non-hydrogen) atoms.